The summed E-state index contributed by atoms with van der Waals surface area (Å²) in [5.41, 5.74) is 2.60. The normalized spacial score (nSPS) is 10.6. The summed E-state index contributed by atoms with van der Waals surface area (Å²) in [5.74, 6) is 0.381. The molecule has 0 saturated heterocycles. The molecule has 0 spiro atoms. The molecule has 1 heterocycles. The zero-order chi connectivity index (χ0) is 18.5. The van der Waals surface area contributed by atoms with Gasteiger partial charge in [-0.2, -0.15) is 0 Å². The number of aromatic nitrogens is 1. The van der Waals surface area contributed by atoms with Crippen LogP contribution < -0.4 is 10.1 Å². The molecule has 0 saturated carbocycles. The van der Waals surface area contributed by atoms with Crippen molar-refractivity contribution in [3.63, 3.8) is 0 Å². The predicted molar refractivity (Wildman–Crippen MR) is 101 cm³/mol. The van der Waals surface area contributed by atoms with Gasteiger partial charge < -0.3 is 10.1 Å². The lowest BCUT2D eigenvalue weighted by atomic mass is 10.1. The number of rotatable bonds is 6. The molecule has 1 N–H and O–H groups in total. The highest BCUT2D eigenvalue weighted by Crippen LogP contribution is 2.28. The summed E-state index contributed by atoms with van der Waals surface area (Å²) in [6.45, 7) is 2.34. The minimum Gasteiger partial charge on any atom is -0.497 e. The van der Waals surface area contributed by atoms with Crippen LogP contribution in [0.3, 0.4) is 0 Å². The Balaban J connectivity index is 1.61. The molecule has 26 heavy (non-hydrogen) atoms. The van der Waals surface area contributed by atoms with Gasteiger partial charge in [0.25, 0.3) is 5.91 Å². The molecule has 0 bridgehead atoms. The summed E-state index contributed by atoms with van der Waals surface area (Å²) >= 11 is 1.32. The number of benzene rings is 2. The number of methoxy groups -OCH3 is 1. The number of hydrogen-bond donors (Lipinski definition) is 1. The minimum atomic E-state index is -0.293. The summed E-state index contributed by atoms with van der Waals surface area (Å²) in [4.78, 5) is 17.5. The largest absolute Gasteiger partial charge is 0.497 e. The molecule has 0 atom stereocenters. The highest BCUT2D eigenvalue weighted by atomic mass is 32.1. The fourth-order valence-corrected chi connectivity index (χ4v) is 3.50. The molecule has 4 nitrogen and oxygen atoms in total. The second-order valence-corrected chi connectivity index (χ2v) is 6.79. The monoisotopic (exact) mass is 370 g/mol. The first kappa shape index (κ1) is 18.1. The van der Waals surface area contributed by atoms with E-state index in [1.807, 2.05) is 31.2 Å². The van der Waals surface area contributed by atoms with Crippen LogP contribution in [0.4, 0.5) is 4.39 Å². The van der Waals surface area contributed by atoms with Crippen LogP contribution in [0.15, 0.2) is 48.5 Å². The van der Waals surface area contributed by atoms with Gasteiger partial charge in [-0.1, -0.05) is 12.1 Å². The fourth-order valence-electron chi connectivity index (χ4n) is 2.52. The number of thiazole rings is 1. The Morgan fingerprint density at radius 3 is 2.50 bits per heavy atom. The first-order valence-electron chi connectivity index (χ1n) is 8.21. The van der Waals surface area contributed by atoms with Crippen molar-refractivity contribution in [2.75, 3.05) is 13.7 Å². The van der Waals surface area contributed by atoms with E-state index in [0.29, 0.717) is 22.1 Å². The van der Waals surface area contributed by atoms with Gasteiger partial charge in [0.2, 0.25) is 0 Å². The fraction of sp³-hybridized carbons (Fsp3) is 0.200. The van der Waals surface area contributed by atoms with Gasteiger partial charge >= 0.3 is 0 Å². The van der Waals surface area contributed by atoms with E-state index in [0.717, 1.165) is 23.3 Å². The molecule has 1 aromatic heterocycles. The maximum absolute atomic E-state index is 13.0. The van der Waals surface area contributed by atoms with Crippen molar-refractivity contribution in [3.05, 3.63) is 70.5 Å². The molecular weight excluding hydrogens is 351 g/mol. The zero-order valence-corrected chi connectivity index (χ0v) is 15.4. The van der Waals surface area contributed by atoms with Crippen LogP contribution in [0.25, 0.3) is 10.6 Å². The Labute approximate surface area is 155 Å². The van der Waals surface area contributed by atoms with E-state index in [1.165, 1.54) is 23.5 Å². The molecule has 0 unspecified atom stereocenters. The van der Waals surface area contributed by atoms with E-state index in [4.69, 9.17) is 4.74 Å². The third-order valence-corrected chi connectivity index (χ3v) is 5.16. The third-order valence-electron chi connectivity index (χ3n) is 3.95. The zero-order valence-electron chi connectivity index (χ0n) is 14.6. The van der Waals surface area contributed by atoms with E-state index in [9.17, 15) is 9.18 Å². The SMILES string of the molecule is COc1ccc(CCNC(=O)c2sc(-c3ccc(F)cc3)nc2C)cc1. The number of ether oxygens (including phenoxy) is 1. The third kappa shape index (κ3) is 4.26. The lowest BCUT2D eigenvalue weighted by molar-refractivity contribution is 0.0957. The summed E-state index contributed by atoms with van der Waals surface area (Å²) in [6, 6.07) is 13.9. The molecule has 3 aromatic rings. The van der Waals surface area contributed by atoms with Gasteiger partial charge in [0.1, 0.15) is 21.5 Å². The molecule has 0 fully saturated rings. The maximum atomic E-state index is 13.0. The Hall–Kier alpha value is -2.73. The molecule has 134 valence electrons. The van der Waals surface area contributed by atoms with Crippen molar-refractivity contribution >= 4 is 17.2 Å². The quantitative estimate of drug-likeness (QED) is 0.706. The van der Waals surface area contributed by atoms with Crippen LogP contribution in [0, 0.1) is 12.7 Å². The number of carbonyl (C=O) groups excluding carboxylic acids is 1. The lowest BCUT2D eigenvalue weighted by Crippen LogP contribution is -2.25. The summed E-state index contributed by atoms with van der Waals surface area (Å²) in [7, 11) is 1.63. The topological polar surface area (TPSA) is 51.2 Å². The second-order valence-electron chi connectivity index (χ2n) is 5.79. The first-order chi connectivity index (χ1) is 12.6. The smallest absolute Gasteiger partial charge is 0.263 e. The van der Waals surface area contributed by atoms with Crippen LogP contribution in [-0.2, 0) is 6.42 Å². The number of halogens is 1. The number of nitrogens with zero attached hydrogens (tertiary/aromatic N) is 1. The molecule has 0 aliphatic rings. The molecule has 1 amide bonds. The predicted octanol–water partition coefficient (Wildman–Crippen LogP) is 4.24. The Morgan fingerprint density at radius 1 is 1.15 bits per heavy atom. The van der Waals surface area contributed by atoms with Crippen LogP contribution >= 0.6 is 11.3 Å². The average molecular weight is 370 g/mol. The van der Waals surface area contributed by atoms with Gasteiger partial charge in [0, 0.05) is 12.1 Å². The minimum absolute atomic E-state index is 0.137. The van der Waals surface area contributed by atoms with Crippen molar-refractivity contribution in [3.8, 4) is 16.3 Å². The van der Waals surface area contributed by atoms with Crippen LogP contribution in [-0.4, -0.2) is 24.5 Å². The molecule has 0 aliphatic carbocycles. The summed E-state index contributed by atoms with van der Waals surface area (Å²) < 4.78 is 18.2. The Kier molecular flexibility index (Phi) is 5.63. The number of amides is 1. The van der Waals surface area contributed by atoms with Gasteiger partial charge in [-0.05, 0) is 55.3 Å². The van der Waals surface area contributed by atoms with E-state index in [2.05, 4.69) is 10.3 Å². The van der Waals surface area contributed by atoms with E-state index in [-0.39, 0.29) is 11.7 Å². The van der Waals surface area contributed by atoms with E-state index in [1.54, 1.807) is 19.2 Å². The van der Waals surface area contributed by atoms with Crippen molar-refractivity contribution in [2.45, 2.75) is 13.3 Å². The van der Waals surface area contributed by atoms with Gasteiger partial charge in [-0.25, -0.2) is 9.37 Å². The van der Waals surface area contributed by atoms with Gasteiger partial charge in [0.05, 0.1) is 12.8 Å². The number of hydrogen-bond acceptors (Lipinski definition) is 4. The lowest BCUT2D eigenvalue weighted by Gasteiger charge is -2.05. The number of nitrogens with one attached hydrogen (secondary N) is 1. The molecule has 0 radical (unpaired) electrons. The van der Waals surface area contributed by atoms with Gasteiger partial charge in [-0.15, -0.1) is 11.3 Å². The van der Waals surface area contributed by atoms with Crippen LogP contribution in [0.1, 0.15) is 20.9 Å². The maximum Gasteiger partial charge on any atom is 0.263 e. The first-order valence-corrected chi connectivity index (χ1v) is 9.03. The van der Waals surface area contributed by atoms with E-state index >= 15 is 0 Å². The molecular formula is C20H19FN2O2S. The van der Waals surface area contributed by atoms with Crippen LogP contribution in [0.2, 0.25) is 0 Å². The molecule has 6 heteroatoms. The molecule has 0 aliphatic heterocycles. The average Bonchev–Trinajstić information content (AvgIpc) is 3.04. The van der Waals surface area contributed by atoms with Gasteiger partial charge in [0.15, 0.2) is 0 Å². The van der Waals surface area contributed by atoms with Crippen molar-refractivity contribution in [1.82, 2.24) is 10.3 Å². The summed E-state index contributed by atoms with van der Waals surface area (Å²) in [6.07, 6.45) is 0.735. The van der Waals surface area contributed by atoms with Crippen molar-refractivity contribution in [2.24, 2.45) is 0 Å². The van der Waals surface area contributed by atoms with E-state index < -0.39 is 0 Å². The highest BCUT2D eigenvalue weighted by Gasteiger charge is 2.16. The highest BCUT2D eigenvalue weighted by molar-refractivity contribution is 7.17. The van der Waals surface area contributed by atoms with Crippen molar-refractivity contribution < 1.29 is 13.9 Å². The Morgan fingerprint density at radius 2 is 1.85 bits per heavy atom. The molecule has 2 aromatic carbocycles. The standard InChI is InChI=1S/C20H19FN2O2S/c1-13-18(26-20(23-13)15-5-7-16(21)8-6-15)19(24)22-12-11-14-3-9-17(25-2)10-4-14/h3-10H,11-12H2,1-2H3,(H,22,24). The van der Waals surface area contributed by atoms with Gasteiger partial charge in [-0.3, -0.25) is 4.79 Å². The van der Waals surface area contributed by atoms with Crippen molar-refractivity contribution in [1.29, 1.82) is 0 Å². The van der Waals surface area contributed by atoms with Crippen LogP contribution in [0.5, 0.6) is 5.75 Å². The second kappa shape index (κ2) is 8.10. The molecule has 3 rings (SSSR count). The number of carbonyl (C=O) groups is 1. The Bertz CT molecular complexity index is 889. The summed E-state index contributed by atoms with van der Waals surface area (Å²) in [5, 5.41) is 3.64. The number of aryl methyl sites for hydroxylation is 1.